The van der Waals surface area contributed by atoms with E-state index in [4.69, 9.17) is 0 Å². The third-order valence-electron chi connectivity index (χ3n) is 4.12. The van der Waals surface area contributed by atoms with E-state index >= 15 is 0 Å². The molecule has 0 spiro atoms. The fraction of sp³-hybridized carbons (Fsp3) is 1.00. The molecule has 2 aliphatic rings. The van der Waals surface area contributed by atoms with E-state index in [1.807, 2.05) is 6.92 Å². The molecule has 2 rings (SSSR count). The minimum Gasteiger partial charge on any atom is -0.393 e. The molecule has 1 saturated carbocycles. The highest BCUT2D eigenvalue weighted by molar-refractivity contribution is 7.87. The second-order valence-electron chi connectivity index (χ2n) is 5.38. The van der Waals surface area contributed by atoms with E-state index in [-0.39, 0.29) is 18.1 Å². The fourth-order valence-corrected chi connectivity index (χ4v) is 4.84. The second kappa shape index (κ2) is 5.86. The molecule has 3 unspecified atom stereocenters. The average molecular weight is 276 g/mol. The average Bonchev–Trinajstić information content (AvgIpc) is 2.94. The van der Waals surface area contributed by atoms with Crippen LogP contribution in [0.3, 0.4) is 0 Å². The van der Waals surface area contributed by atoms with Crippen molar-refractivity contribution in [3.8, 4) is 0 Å². The molecule has 18 heavy (non-hydrogen) atoms. The van der Waals surface area contributed by atoms with Crippen LogP contribution in [0.1, 0.15) is 45.4 Å². The Morgan fingerprint density at radius 2 is 2.06 bits per heavy atom. The standard InChI is InChI=1S/C12H24N2O3S/c1-2-8-13-18(16,17)14-9-4-6-11(14)10-5-3-7-12(10)15/h10-13,15H,2-9H2,1H3. The molecular formula is C12H24N2O3S. The topological polar surface area (TPSA) is 69.6 Å². The van der Waals surface area contributed by atoms with Gasteiger partial charge in [0, 0.05) is 25.0 Å². The first-order valence-electron chi connectivity index (χ1n) is 7.00. The number of aliphatic hydroxyl groups is 1. The van der Waals surface area contributed by atoms with Gasteiger partial charge in [-0.2, -0.15) is 12.7 Å². The molecule has 0 bridgehead atoms. The van der Waals surface area contributed by atoms with Gasteiger partial charge < -0.3 is 5.11 Å². The summed E-state index contributed by atoms with van der Waals surface area (Å²) in [5, 5.41) is 9.97. The smallest absolute Gasteiger partial charge is 0.279 e. The zero-order chi connectivity index (χ0) is 13.2. The number of hydrogen-bond acceptors (Lipinski definition) is 3. The first kappa shape index (κ1) is 14.2. The quantitative estimate of drug-likeness (QED) is 0.782. The monoisotopic (exact) mass is 276 g/mol. The largest absolute Gasteiger partial charge is 0.393 e. The second-order valence-corrected chi connectivity index (χ2v) is 7.09. The van der Waals surface area contributed by atoms with Crippen LogP contribution >= 0.6 is 0 Å². The van der Waals surface area contributed by atoms with Crippen LogP contribution in [0.15, 0.2) is 0 Å². The molecule has 1 aliphatic heterocycles. The number of nitrogens with zero attached hydrogens (tertiary/aromatic N) is 1. The molecule has 5 nitrogen and oxygen atoms in total. The summed E-state index contributed by atoms with van der Waals surface area (Å²) >= 11 is 0. The van der Waals surface area contributed by atoms with Gasteiger partial charge in [-0.25, -0.2) is 4.72 Å². The van der Waals surface area contributed by atoms with E-state index in [1.165, 1.54) is 0 Å². The van der Waals surface area contributed by atoms with Crippen LogP contribution in [0.25, 0.3) is 0 Å². The van der Waals surface area contributed by atoms with E-state index in [9.17, 15) is 13.5 Å². The van der Waals surface area contributed by atoms with Crippen molar-refractivity contribution in [3.05, 3.63) is 0 Å². The summed E-state index contributed by atoms with van der Waals surface area (Å²) in [6, 6.07) is -0.00291. The molecule has 3 atom stereocenters. The van der Waals surface area contributed by atoms with Gasteiger partial charge in [0.2, 0.25) is 0 Å². The number of hydrogen-bond donors (Lipinski definition) is 2. The Morgan fingerprint density at radius 1 is 1.28 bits per heavy atom. The lowest BCUT2D eigenvalue weighted by Gasteiger charge is -2.30. The third kappa shape index (κ3) is 2.87. The molecule has 0 aromatic heterocycles. The number of aliphatic hydroxyl groups excluding tert-OH is 1. The Labute approximate surface area is 110 Å². The number of rotatable bonds is 5. The van der Waals surface area contributed by atoms with Gasteiger partial charge in [0.1, 0.15) is 0 Å². The SMILES string of the molecule is CCCNS(=O)(=O)N1CCCC1C1CCCC1O. The third-order valence-corrected chi connectivity index (χ3v) is 5.76. The van der Waals surface area contributed by atoms with Gasteiger partial charge in [-0.05, 0) is 32.1 Å². The van der Waals surface area contributed by atoms with Crippen LogP contribution in [0.5, 0.6) is 0 Å². The molecule has 0 radical (unpaired) electrons. The maximum absolute atomic E-state index is 12.2. The van der Waals surface area contributed by atoms with Gasteiger partial charge in [0.05, 0.1) is 6.10 Å². The van der Waals surface area contributed by atoms with E-state index < -0.39 is 10.2 Å². The normalized spacial score (nSPS) is 34.2. The van der Waals surface area contributed by atoms with Gasteiger partial charge in [-0.3, -0.25) is 0 Å². The Morgan fingerprint density at radius 3 is 2.67 bits per heavy atom. The summed E-state index contributed by atoms with van der Waals surface area (Å²) in [4.78, 5) is 0. The molecule has 1 heterocycles. The predicted molar refractivity (Wildman–Crippen MR) is 70.3 cm³/mol. The maximum Gasteiger partial charge on any atom is 0.279 e. The summed E-state index contributed by atoms with van der Waals surface area (Å²) < 4.78 is 28.6. The van der Waals surface area contributed by atoms with Crippen LogP contribution in [0.4, 0.5) is 0 Å². The molecule has 0 aromatic carbocycles. The van der Waals surface area contributed by atoms with Gasteiger partial charge in [0.25, 0.3) is 10.2 Å². The van der Waals surface area contributed by atoms with Crippen LogP contribution < -0.4 is 4.72 Å². The fourth-order valence-electron chi connectivity index (χ4n) is 3.22. The predicted octanol–water partition coefficient (Wildman–Crippen LogP) is 0.856. The molecule has 0 amide bonds. The van der Waals surface area contributed by atoms with E-state index in [1.54, 1.807) is 4.31 Å². The lowest BCUT2D eigenvalue weighted by atomic mass is 9.95. The summed E-state index contributed by atoms with van der Waals surface area (Å²) in [6.45, 7) is 3.02. The van der Waals surface area contributed by atoms with Crippen molar-refractivity contribution in [2.45, 2.75) is 57.6 Å². The zero-order valence-corrected chi connectivity index (χ0v) is 11.8. The van der Waals surface area contributed by atoms with Crippen molar-refractivity contribution in [1.82, 2.24) is 9.03 Å². The van der Waals surface area contributed by atoms with Crippen LogP contribution in [-0.4, -0.2) is 43.1 Å². The minimum atomic E-state index is -3.36. The molecule has 2 N–H and O–H groups in total. The zero-order valence-electron chi connectivity index (χ0n) is 11.0. The van der Waals surface area contributed by atoms with Crippen LogP contribution in [0.2, 0.25) is 0 Å². The molecular weight excluding hydrogens is 252 g/mol. The lowest BCUT2D eigenvalue weighted by Crippen LogP contribution is -2.47. The summed E-state index contributed by atoms with van der Waals surface area (Å²) in [5.41, 5.74) is 0. The van der Waals surface area contributed by atoms with Crippen molar-refractivity contribution >= 4 is 10.2 Å². The van der Waals surface area contributed by atoms with Crippen LogP contribution in [0, 0.1) is 5.92 Å². The van der Waals surface area contributed by atoms with Crippen LogP contribution in [-0.2, 0) is 10.2 Å². The maximum atomic E-state index is 12.2. The van der Waals surface area contributed by atoms with Crippen molar-refractivity contribution < 1.29 is 13.5 Å². The van der Waals surface area contributed by atoms with E-state index in [2.05, 4.69) is 4.72 Å². The minimum absolute atomic E-state index is 0.00291. The molecule has 0 aromatic rings. The molecule has 106 valence electrons. The van der Waals surface area contributed by atoms with Crippen molar-refractivity contribution in [2.75, 3.05) is 13.1 Å². The Kier molecular flexibility index (Phi) is 4.64. The van der Waals surface area contributed by atoms with Crippen molar-refractivity contribution in [1.29, 1.82) is 0 Å². The lowest BCUT2D eigenvalue weighted by molar-refractivity contribution is 0.0972. The van der Waals surface area contributed by atoms with E-state index in [0.29, 0.717) is 13.1 Å². The Bertz CT molecular complexity index is 372. The number of nitrogens with one attached hydrogen (secondary N) is 1. The van der Waals surface area contributed by atoms with Gasteiger partial charge in [-0.15, -0.1) is 0 Å². The highest BCUT2D eigenvalue weighted by atomic mass is 32.2. The Hall–Kier alpha value is -0.170. The summed E-state index contributed by atoms with van der Waals surface area (Å²) in [6.07, 6.45) is 5.04. The Balaban J connectivity index is 2.07. The van der Waals surface area contributed by atoms with Gasteiger partial charge >= 0.3 is 0 Å². The van der Waals surface area contributed by atoms with Gasteiger partial charge in [-0.1, -0.05) is 13.3 Å². The molecule has 6 heteroatoms. The highest BCUT2D eigenvalue weighted by Crippen LogP contribution is 2.36. The molecule has 1 saturated heterocycles. The first-order chi connectivity index (χ1) is 8.56. The molecule has 2 fully saturated rings. The van der Waals surface area contributed by atoms with Crippen molar-refractivity contribution in [3.63, 3.8) is 0 Å². The van der Waals surface area contributed by atoms with E-state index in [0.717, 1.165) is 38.5 Å². The first-order valence-corrected chi connectivity index (χ1v) is 8.44. The highest BCUT2D eigenvalue weighted by Gasteiger charge is 2.42. The van der Waals surface area contributed by atoms with Gasteiger partial charge in [0.15, 0.2) is 0 Å². The molecule has 1 aliphatic carbocycles. The summed E-state index contributed by atoms with van der Waals surface area (Å²) in [7, 11) is -3.36. The van der Waals surface area contributed by atoms with Crippen molar-refractivity contribution in [2.24, 2.45) is 5.92 Å². The summed E-state index contributed by atoms with van der Waals surface area (Å²) in [5.74, 6) is 0.130.